The zero-order valence-corrected chi connectivity index (χ0v) is 12.2. The Morgan fingerprint density at radius 3 is 2.67 bits per heavy atom. The van der Waals surface area contributed by atoms with Crippen LogP contribution in [0.1, 0.15) is 17.7 Å². The third kappa shape index (κ3) is 4.80. The number of rotatable bonds is 6. The van der Waals surface area contributed by atoms with Crippen molar-refractivity contribution in [1.29, 1.82) is 0 Å². The lowest BCUT2D eigenvalue weighted by molar-refractivity contribution is -0.121. The number of carbonyl (C=O) groups is 1. The van der Waals surface area contributed by atoms with Crippen LogP contribution in [-0.2, 0) is 11.2 Å². The standard InChI is InChI=1S/C16H19N3O2/c1-19(2)16-11-9-14(21-16)12-17-18-15(20)10-8-13-6-4-3-5-7-13/h3-7,9,11-12H,8,10H2,1-2H3,(H,18,20). The summed E-state index contributed by atoms with van der Waals surface area (Å²) in [7, 11) is 3.79. The fourth-order valence-corrected chi connectivity index (χ4v) is 1.78. The van der Waals surface area contributed by atoms with Crippen LogP contribution in [0.2, 0.25) is 0 Å². The largest absolute Gasteiger partial charge is 0.440 e. The Hall–Kier alpha value is -2.56. The van der Waals surface area contributed by atoms with Crippen LogP contribution in [0.4, 0.5) is 5.88 Å². The van der Waals surface area contributed by atoms with Gasteiger partial charge in [0.25, 0.3) is 0 Å². The van der Waals surface area contributed by atoms with Gasteiger partial charge in [-0.05, 0) is 18.1 Å². The Bertz CT molecular complexity index is 603. The summed E-state index contributed by atoms with van der Waals surface area (Å²) in [6.45, 7) is 0. The minimum atomic E-state index is -0.116. The van der Waals surface area contributed by atoms with E-state index in [0.29, 0.717) is 18.6 Å². The molecule has 0 spiro atoms. The van der Waals surface area contributed by atoms with Gasteiger partial charge >= 0.3 is 0 Å². The highest BCUT2D eigenvalue weighted by Crippen LogP contribution is 2.13. The van der Waals surface area contributed by atoms with Gasteiger partial charge < -0.3 is 9.32 Å². The van der Waals surface area contributed by atoms with Gasteiger partial charge in [-0.1, -0.05) is 30.3 Å². The zero-order valence-electron chi connectivity index (χ0n) is 12.2. The Morgan fingerprint density at radius 2 is 2.00 bits per heavy atom. The van der Waals surface area contributed by atoms with Gasteiger partial charge in [0, 0.05) is 26.6 Å². The van der Waals surface area contributed by atoms with E-state index in [9.17, 15) is 4.79 Å². The Morgan fingerprint density at radius 1 is 1.24 bits per heavy atom. The van der Waals surface area contributed by atoms with Crippen LogP contribution < -0.4 is 10.3 Å². The molecule has 1 heterocycles. The van der Waals surface area contributed by atoms with E-state index in [1.165, 1.54) is 6.21 Å². The van der Waals surface area contributed by atoms with Gasteiger partial charge in [-0.3, -0.25) is 4.79 Å². The minimum Gasteiger partial charge on any atom is -0.440 e. The van der Waals surface area contributed by atoms with Crippen molar-refractivity contribution in [1.82, 2.24) is 5.43 Å². The Labute approximate surface area is 124 Å². The number of hydrazone groups is 1. The molecule has 1 N–H and O–H groups in total. The summed E-state index contributed by atoms with van der Waals surface area (Å²) < 4.78 is 5.48. The summed E-state index contributed by atoms with van der Waals surface area (Å²) in [5.74, 6) is 1.23. The second-order valence-corrected chi connectivity index (χ2v) is 4.85. The molecule has 0 bridgehead atoms. The van der Waals surface area contributed by atoms with E-state index >= 15 is 0 Å². The molecule has 1 aromatic heterocycles. The number of furan rings is 1. The van der Waals surface area contributed by atoms with Crippen LogP contribution in [0.5, 0.6) is 0 Å². The molecule has 21 heavy (non-hydrogen) atoms. The number of carbonyl (C=O) groups excluding carboxylic acids is 1. The third-order valence-corrected chi connectivity index (χ3v) is 2.92. The van der Waals surface area contributed by atoms with Crippen molar-refractivity contribution in [2.75, 3.05) is 19.0 Å². The zero-order chi connectivity index (χ0) is 15.1. The van der Waals surface area contributed by atoms with E-state index in [1.54, 1.807) is 6.07 Å². The van der Waals surface area contributed by atoms with Crippen LogP contribution in [0, 0.1) is 0 Å². The van der Waals surface area contributed by atoms with E-state index in [4.69, 9.17) is 4.42 Å². The fraction of sp³-hybridized carbons (Fsp3) is 0.250. The smallest absolute Gasteiger partial charge is 0.240 e. The number of nitrogens with one attached hydrogen (secondary N) is 1. The van der Waals surface area contributed by atoms with E-state index < -0.39 is 0 Å². The normalized spacial score (nSPS) is 10.8. The lowest BCUT2D eigenvalue weighted by Gasteiger charge is -2.05. The molecule has 0 fully saturated rings. The number of hydrogen-bond donors (Lipinski definition) is 1. The number of hydrogen-bond acceptors (Lipinski definition) is 4. The first-order chi connectivity index (χ1) is 10.1. The summed E-state index contributed by atoms with van der Waals surface area (Å²) in [5.41, 5.74) is 3.63. The molecule has 5 heteroatoms. The lowest BCUT2D eigenvalue weighted by Crippen LogP contribution is -2.17. The summed E-state index contributed by atoms with van der Waals surface area (Å²) in [5, 5.41) is 3.89. The van der Waals surface area contributed by atoms with E-state index in [-0.39, 0.29) is 5.91 Å². The van der Waals surface area contributed by atoms with Crippen molar-refractivity contribution in [3.05, 3.63) is 53.8 Å². The summed E-state index contributed by atoms with van der Waals surface area (Å²) in [6.07, 6.45) is 2.60. The predicted octanol–water partition coefficient (Wildman–Crippen LogP) is 2.43. The highest BCUT2D eigenvalue weighted by molar-refractivity contribution is 5.80. The van der Waals surface area contributed by atoms with Crippen LogP contribution in [0.15, 0.2) is 52.0 Å². The first kappa shape index (κ1) is 14.8. The molecule has 2 aromatic rings. The maximum absolute atomic E-state index is 11.7. The first-order valence-electron chi connectivity index (χ1n) is 6.78. The van der Waals surface area contributed by atoms with Gasteiger partial charge in [0.15, 0.2) is 5.88 Å². The van der Waals surface area contributed by atoms with E-state index in [1.807, 2.05) is 55.4 Å². The van der Waals surface area contributed by atoms with Gasteiger partial charge in [0.05, 0.1) is 6.21 Å². The number of amides is 1. The maximum atomic E-state index is 11.7. The fourth-order valence-electron chi connectivity index (χ4n) is 1.78. The van der Waals surface area contributed by atoms with E-state index in [0.717, 1.165) is 11.4 Å². The molecule has 0 saturated carbocycles. The molecule has 0 aliphatic carbocycles. The molecule has 5 nitrogen and oxygen atoms in total. The third-order valence-electron chi connectivity index (χ3n) is 2.92. The molecule has 0 unspecified atom stereocenters. The van der Waals surface area contributed by atoms with Gasteiger partial charge in [0.1, 0.15) is 5.76 Å². The van der Waals surface area contributed by atoms with Gasteiger partial charge in [-0.15, -0.1) is 0 Å². The van der Waals surface area contributed by atoms with Gasteiger partial charge in [-0.2, -0.15) is 5.10 Å². The Balaban J connectivity index is 1.76. The SMILES string of the molecule is CN(C)c1ccc(C=NNC(=O)CCc2ccccc2)o1. The number of anilines is 1. The average Bonchev–Trinajstić information content (AvgIpc) is 2.95. The summed E-state index contributed by atoms with van der Waals surface area (Å²) >= 11 is 0. The molecular formula is C16H19N3O2. The summed E-state index contributed by atoms with van der Waals surface area (Å²) in [4.78, 5) is 13.5. The van der Waals surface area contributed by atoms with Crippen LogP contribution >= 0.6 is 0 Å². The number of nitrogens with zero attached hydrogens (tertiary/aromatic N) is 2. The molecule has 0 aliphatic rings. The number of aryl methyl sites for hydroxylation is 1. The quantitative estimate of drug-likeness (QED) is 0.655. The van der Waals surface area contributed by atoms with Crippen LogP contribution in [0.25, 0.3) is 0 Å². The molecule has 1 aromatic carbocycles. The molecule has 0 atom stereocenters. The van der Waals surface area contributed by atoms with Gasteiger partial charge in [-0.25, -0.2) is 5.43 Å². The molecule has 0 radical (unpaired) electrons. The second-order valence-electron chi connectivity index (χ2n) is 4.85. The van der Waals surface area contributed by atoms with Crippen molar-refractivity contribution < 1.29 is 9.21 Å². The van der Waals surface area contributed by atoms with Crippen molar-refractivity contribution in [3.63, 3.8) is 0 Å². The van der Waals surface area contributed by atoms with Crippen LogP contribution in [0.3, 0.4) is 0 Å². The molecule has 110 valence electrons. The monoisotopic (exact) mass is 285 g/mol. The average molecular weight is 285 g/mol. The second kappa shape index (κ2) is 7.28. The topological polar surface area (TPSA) is 57.8 Å². The van der Waals surface area contributed by atoms with Gasteiger partial charge in [0.2, 0.25) is 5.91 Å². The summed E-state index contributed by atoms with van der Waals surface area (Å²) in [6, 6.07) is 13.5. The highest BCUT2D eigenvalue weighted by Gasteiger charge is 2.02. The van der Waals surface area contributed by atoms with Crippen molar-refractivity contribution >= 4 is 18.0 Å². The lowest BCUT2D eigenvalue weighted by atomic mass is 10.1. The molecule has 0 aliphatic heterocycles. The van der Waals surface area contributed by atoms with Crippen molar-refractivity contribution in [3.8, 4) is 0 Å². The minimum absolute atomic E-state index is 0.116. The highest BCUT2D eigenvalue weighted by atomic mass is 16.4. The molecule has 1 amide bonds. The molecule has 0 saturated heterocycles. The molecule has 2 rings (SSSR count). The maximum Gasteiger partial charge on any atom is 0.240 e. The predicted molar refractivity (Wildman–Crippen MR) is 83.5 cm³/mol. The van der Waals surface area contributed by atoms with Crippen molar-refractivity contribution in [2.24, 2.45) is 5.10 Å². The Kier molecular flexibility index (Phi) is 5.15. The van der Waals surface area contributed by atoms with Crippen molar-refractivity contribution in [2.45, 2.75) is 12.8 Å². The molecular weight excluding hydrogens is 266 g/mol. The first-order valence-corrected chi connectivity index (χ1v) is 6.78. The van der Waals surface area contributed by atoms with Crippen LogP contribution in [-0.4, -0.2) is 26.2 Å². The van der Waals surface area contributed by atoms with E-state index in [2.05, 4.69) is 10.5 Å². The number of benzene rings is 1.